The van der Waals surface area contributed by atoms with Crippen LogP contribution in [-0.4, -0.2) is 37.5 Å². The fourth-order valence-corrected chi connectivity index (χ4v) is 4.40. The van der Waals surface area contributed by atoms with Crippen molar-refractivity contribution in [2.45, 2.75) is 76.5 Å². The van der Waals surface area contributed by atoms with Crippen LogP contribution in [0.4, 0.5) is 0 Å². The Balaban J connectivity index is 1.95. The van der Waals surface area contributed by atoms with Crippen LogP contribution in [0.25, 0.3) is 0 Å². The van der Waals surface area contributed by atoms with Crippen LogP contribution >= 0.6 is 0 Å². The van der Waals surface area contributed by atoms with Gasteiger partial charge in [-0.3, -0.25) is 0 Å². The second-order valence-corrected chi connectivity index (χ2v) is 12.0. The maximum atomic E-state index is 6.20. The van der Waals surface area contributed by atoms with Crippen LogP contribution < -0.4 is 0 Å². The van der Waals surface area contributed by atoms with E-state index < -0.39 is 25.3 Å². The monoisotopic (exact) mass is 284 g/mol. The third kappa shape index (κ3) is 1.82. The zero-order chi connectivity index (χ0) is 14.3. The highest BCUT2D eigenvalue weighted by Crippen LogP contribution is 2.57. The van der Waals surface area contributed by atoms with E-state index in [0.29, 0.717) is 0 Å². The first-order valence-electron chi connectivity index (χ1n) is 6.93. The molecule has 0 aliphatic carbocycles. The summed E-state index contributed by atoms with van der Waals surface area (Å²) in [5.74, 6) is 0.367. The fourth-order valence-electron chi connectivity index (χ4n) is 3.47. The van der Waals surface area contributed by atoms with Gasteiger partial charge in [0.15, 0.2) is 11.4 Å². The van der Waals surface area contributed by atoms with Gasteiger partial charge in [0.25, 0.3) is 0 Å². The molecule has 2 saturated heterocycles. The molecule has 0 aromatic heterocycles. The molecule has 0 saturated carbocycles. The predicted molar refractivity (Wildman–Crippen MR) is 74.2 cm³/mol. The van der Waals surface area contributed by atoms with E-state index in [4.69, 9.17) is 18.6 Å². The minimum Gasteiger partial charge on any atom is -0.545 e. The highest BCUT2D eigenvalue weighted by atomic mass is 28.4. The molecular weight excluding hydrogens is 260 g/mol. The summed E-state index contributed by atoms with van der Waals surface area (Å²) in [6.45, 7) is 14.6. The van der Waals surface area contributed by atoms with Crippen LogP contribution in [0, 0.1) is 0 Å². The van der Waals surface area contributed by atoms with Gasteiger partial charge in [0, 0.05) is 0 Å². The molecule has 0 aromatic carbocycles. The molecule has 0 radical (unpaired) electrons. The Morgan fingerprint density at radius 1 is 1.11 bits per heavy atom. The fraction of sp³-hybridized carbons (Fsp3) is 0.857. The summed E-state index contributed by atoms with van der Waals surface area (Å²) in [6.07, 6.45) is 1.88. The van der Waals surface area contributed by atoms with Crippen LogP contribution in [0.5, 0.6) is 0 Å². The van der Waals surface area contributed by atoms with Gasteiger partial charge in [-0.15, -0.1) is 0 Å². The van der Waals surface area contributed by atoms with Crippen LogP contribution in [0.15, 0.2) is 11.8 Å². The lowest BCUT2D eigenvalue weighted by Crippen LogP contribution is -2.51. The van der Waals surface area contributed by atoms with Crippen molar-refractivity contribution in [1.29, 1.82) is 0 Å². The Hall–Kier alpha value is -0.363. The smallest absolute Gasteiger partial charge is 0.241 e. The zero-order valence-corrected chi connectivity index (χ0v) is 13.9. The standard InChI is InChI=1S/C14H24O4Si/c1-12(2)16-11-13(3)10(17-19(5,6)7)8-9(15-13)14(11,4)18-12/h8-9,11H,1-7H3/t9-,11+,13+,14-/m0/s1. The minimum absolute atomic E-state index is 0.0874. The van der Waals surface area contributed by atoms with Crippen molar-refractivity contribution >= 4 is 8.32 Å². The first-order valence-corrected chi connectivity index (χ1v) is 10.3. The average Bonchev–Trinajstić information content (AvgIpc) is 2.68. The van der Waals surface area contributed by atoms with Crippen molar-refractivity contribution in [2.75, 3.05) is 0 Å². The second-order valence-electron chi connectivity index (χ2n) is 7.57. The quantitative estimate of drug-likeness (QED) is 0.731. The Labute approximate surface area is 116 Å². The second kappa shape index (κ2) is 3.45. The van der Waals surface area contributed by atoms with E-state index in [1.165, 1.54) is 0 Å². The maximum Gasteiger partial charge on any atom is 0.241 e. The van der Waals surface area contributed by atoms with Crippen molar-refractivity contribution in [1.82, 2.24) is 0 Å². The first kappa shape index (κ1) is 13.6. The molecule has 5 heteroatoms. The van der Waals surface area contributed by atoms with Crippen molar-refractivity contribution in [2.24, 2.45) is 0 Å². The number of rotatable bonds is 2. The van der Waals surface area contributed by atoms with E-state index in [1.54, 1.807) is 0 Å². The molecule has 4 nitrogen and oxygen atoms in total. The molecule has 4 atom stereocenters. The highest BCUT2D eigenvalue weighted by molar-refractivity contribution is 6.70. The third-order valence-electron chi connectivity index (χ3n) is 4.03. The Morgan fingerprint density at radius 2 is 1.74 bits per heavy atom. The zero-order valence-electron chi connectivity index (χ0n) is 12.9. The Morgan fingerprint density at radius 3 is 2.32 bits per heavy atom. The molecule has 3 rings (SSSR count). The summed E-state index contributed by atoms with van der Waals surface area (Å²) in [6, 6.07) is 0. The van der Waals surface area contributed by atoms with E-state index >= 15 is 0 Å². The molecule has 0 unspecified atom stereocenters. The summed E-state index contributed by atoms with van der Waals surface area (Å²) in [7, 11) is -1.66. The Bertz CT molecular complexity index is 453. The lowest BCUT2D eigenvalue weighted by atomic mass is 9.81. The summed E-state index contributed by atoms with van der Waals surface area (Å²) < 4.78 is 24.5. The van der Waals surface area contributed by atoms with Crippen LogP contribution in [0.3, 0.4) is 0 Å². The van der Waals surface area contributed by atoms with Crippen LogP contribution in [0.2, 0.25) is 19.6 Å². The maximum absolute atomic E-state index is 6.20. The minimum atomic E-state index is -1.66. The molecule has 108 valence electrons. The number of hydrogen-bond acceptors (Lipinski definition) is 4. The van der Waals surface area contributed by atoms with Crippen molar-refractivity contribution in [3.8, 4) is 0 Å². The van der Waals surface area contributed by atoms with E-state index in [0.717, 1.165) is 5.76 Å². The molecule has 2 fully saturated rings. The normalized spacial score (nSPS) is 47.2. The van der Waals surface area contributed by atoms with Gasteiger partial charge >= 0.3 is 0 Å². The van der Waals surface area contributed by atoms with E-state index in [2.05, 4.69) is 39.6 Å². The SMILES string of the molecule is CC1(C)O[C@H]2[C@@](C)(O1)[C@@H]1C=C(O[Si](C)(C)C)[C@@]2(C)O1. The summed E-state index contributed by atoms with van der Waals surface area (Å²) in [4.78, 5) is 0. The van der Waals surface area contributed by atoms with Gasteiger partial charge < -0.3 is 18.6 Å². The molecule has 0 aromatic rings. The number of fused-ring (bicyclic) bond motifs is 5. The third-order valence-corrected chi connectivity index (χ3v) is 4.87. The van der Waals surface area contributed by atoms with Gasteiger partial charge in [-0.1, -0.05) is 0 Å². The summed E-state index contributed by atoms with van der Waals surface area (Å²) in [5, 5.41) is 0. The van der Waals surface area contributed by atoms with Gasteiger partial charge in [-0.25, -0.2) is 0 Å². The molecular formula is C14H24O4Si. The van der Waals surface area contributed by atoms with Gasteiger partial charge in [0.05, 0.1) is 0 Å². The Kier molecular flexibility index (Phi) is 2.47. The van der Waals surface area contributed by atoms with Gasteiger partial charge in [0.1, 0.15) is 23.6 Å². The van der Waals surface area contributed by atoms with Crippen molar-refractivity contribution in [3.63, 3.8) is 0 Å². The molecule has 3 heterocycles. The number of hydrogen-bond donors (Lipinski definition) is 0. The van der Waals surface area contributed by atoms with Gasteiger partial charge in [-0.05, 0) is 53.4 Å². The molecule has 3 aliphatic heterocycles. The lowest BCUT2D eigenvalue weighted by molar-refractivity contribution is -0.202. The topological polar surface area (TPSA) is 36.9 Å². The predicted octanol–water partition coefficient (Wildman–Crippen LogP) is 2.80. The molecule has 19 heavy (non-hydrogen) atoms. The average molecular weight is 284 g/mol. The molecule has 0 N–H and O–H groups in total. The van der Waals surface area contributed by atoms with Gasteiger partial charge in [-0.2, -0.15) is 0 Å². The van der Waals surface area contributed by atoms with Crippen LogP contribution in [-0.2, 0) is 18.6 Å². The number of ether oxygens (including phenoxy) is 3. The van der Waals surface area contributed by atoms with E-state index in [9.17, 15) is 0 Å². The van der Waals surface area contributed by atoms with Crippen LogP contribution in [0.1, 0.15) is 27.7 Å². The van der Waals surface area contributed by atoms with Crippen molar-refractivity contribution in [3.05, 3.63) is 11.8 Å². The van der Waals surface area contributed by atoms with Gasteiger partial charge in [0.2, 0.25) is 8.32 Å². The highest BCUT2D eigenvalue weighted by Gasteiger charge is 2.72. The van der Waals surface area contributed by atoms with E-state index in [1.807, 2.05) is 13.8 Å². The van der Waals surface area contributed by atoms with Crippen molar-refractivity contribution < 1.29 is 18.6 Å². The molecule has 2 bridgehead atoms. The molecule has 3 aliphatic rings. The van der Waals surface area contributed by atoms with E-state index in [-0.39, 0.29) is 12.2 Å². The molecule has 0 amide bonds. The molecule has 0 spiro atoms. The summed E-state index contributed by atoms with van der Waals surface area (Å²) >= 11 is 0. The first-order chi connectivity index (χ1) is 8.46. The summed E-state index contributed by atoms with van der Waals surface area (Å²) in [5.41, 5.74) is -0.933. The lowest BCUT2D eigenvalue weighted by Gasteiger charge is -2.36. The largest absolute Gasteiger partial charge is 0.545 e.